The molecule has 0 heterocycles. The van der Waals surface area contributed by atoms with Crippen molar-refractivity contribution < 1.29 is 17.9 Å². The van der Waals surface area contributed by atoms with Crippen molar-refractivity contribution in [2.45, 2.75) is 11.8 Å². The summed E-state index contributed by atoms with van der Waals surface area (Å²) >= 11 is 0. The molecule has 0 aliphatic heterocycles. The van der Waals surface area contributed by atoms with E-state index in [0.717, 1.165) is 4.31 Å². The van der Waals surface area contributed by atoms with E-state index in [1.54, 1.807) is 26.2 Å². The Kier molecular flexibility index (Phi) is 5.52. The number of benzene rings is 1. The molecule has 0 aromatic heterocycles. The molecule has 1 amide bonds. The highest BCUT2D eigenvalue weighted by molar-refractivity contribution is 7.89. The van der Waals surface area contributed by atoms with Crippen LogP contribution in [0.4, 0.5) is 0 Å². The molecular weight excluding hydrogens is 280 g/mol. The number of likely N-dealkylation sites (N-methyl/N-ethyl adjacent to an activating group) is 2. The molecule has 0 bridgehead atoms. The fourth-order valence-electron chi connectivity index (χ4n) is 1.47. The van der Waals surface area contributed by atoms with Crippen LogP contribution in [0.5, 0.6) is 5.75 Å². The van der Waals surface area contributed by atoms with E-state index in [4.69, 9.17) is 4.74 Å². The second-order valence-electron chi connectivity index (χ2n) is 4.45. The van der Waals surface area contributed by atoms with Crippen molar-refractivity contribution in [1.29, 1.82) is 0 Å². The first kappa shape index (κ1) is 16.5. The molecular formula is C13H20N2O4S. The van der Waals surface area contributed by atoms with Gasteiger partial charge in [0.05, 0.1) is 18.0 Å². The number of ether oxygens (including phenoxy) is 1. The molecule has 1 rings (SSSR count). The Bertz CT molecular complexity index is 552. The predicted octanol–water partition coefficient (Wildman–Crippen LogP) is 0.794. The molecule has 0 aliphatic rings. The van der Waals surface area contributed by atoms with E-state index in [1.807, 2.05) is 6.92 Å². The molecule has 0 unspecified atom stereocenters. The van der Waals surface area contributed by atoms with Gasteiger partial charge in [-0.2, -0.15) is 4.31 Å². The summed E-state index contributed by atoms with van der Waals surface area (Å²) in [6.45, 7) is 2.18. The predicted molar refractivity (Wildman–Crippen MR) is 76.1 cm³/mol. The number of carbonyl (C=O) groups excluding carboxylic acids is 1. The number of hydrogen-bond acceptors (Lipinski definition) is 4. The van der Waals surface area contributed by atoms with Gasteiger partial charge in [0.1, 0.15) is 5.75 Å². The quantitative estimate of drug-likeness (QED) is 0.779. The van der Waals surface area contributed by atoms with E-state index in [9.17, 15) is 13.2 Å². The van der Waals surface area contributed by atoms with Gasteiger partial charge in [-0.05, 0) is 31.2 Å². The standard InChI is InChI=1S/C13H20N2O4S/c1-5-19-11-6-8-12(9-7-11)20(17,18)15(4)10-13(16)14(2)3/h6-9H,5,10H2,1-4H3. The molecule has 1 aromatic carbocycles. The molecule has 1 aromatic rings. The monoisotopic (exact) mass is 300 g/mol. The van der Waals surface area contributed by atoms with Crippen molar-refractivity contribution in [3.8, 4) is 5.75 Å². The van der Waals surface area contributed by atoms with Crippen LogP contribution in [-0.4, -0.2) is 57.8 Å². The highest BCUT2D eigenvalue weighted by Gasteiger charge is 2.23. The minimum Gasteiger partial charge on any atom is -0.494 e. The topological polar surface area (TPSA) is 66.9 Å². The lowest BCUT2D eigenvalue weighted by molar-refractivity contribution is -0.128. The Labute approximate surface area is 120 Å². The van der Waals surface area contributed by atoms with Gasteiger partial charge in [-0.3, -0.25) is 4.79 Å². The summed E-state index contributed by atoms with van der Waals surface area (Å²) < 4.78 is 30.8. The molecule has 112 valence electrons. The molecule has 0 aliphatic carbocycles. The number of rotatable bonds is 6. The minimum atomic E-state index is -3.67. The molecule has 0 saturated carbocycles. The lowest BCUT2D eigenvalue weighted by atomic mass is 10.3. The van der Waals surface area contributed by atoms with Crippen LogP contribution in [0.1, 0.15) is 6.92 Å². The third-order valence-electron chi connectivity index (χ3n) is 2.70. The number of sulfonamides is 1. The van der Waals surface area contributed by atoms with E-state index in [-0.39, 0.29) is 17.3 Å². The molecule has 0 fully saturated rings. The zero-order chi connectivity index (χ0) is 15.3. The van der Waals surface area contributed by atoms with Gasteiger partial charge in [0.2, 0.25) is 15.9 Å². The number of amides is 1. The van der Waals surface area contributed by atoms with E-state index in [1.165, 1.54) is 24.1 Å². The maximum Gasteiger partial charge on any atom is 0.243 e. The molecule has 0 atom stereocenters. The number of nitrogens with zero attached hydrogens (tertiary/aromatic N) is 2. The van der Waals surface area contributed by atoms with Crippen LogP contribution >= 0.6 is 0 Å². The SMILES string of the molecule is CCOc1ccc(S(=O)(=O)N(C)CC(=O)N(C)C)cc1. The van der Waals surface area contributed by atoms with Gasteiger partial charge >= 0.3 is 0 Å². The molecule has 6 nitrogen and oxygen atoms in total. The van der Waals surface area contributed by atoms with Gasteiger partial charge in [0, 0.05) is 21.1 Å². The maximum absolute atomic E-state index is 12.3. The van der Waals surface area contributed by atoms with Gasteiger partial charge in [-0.15, -0.1) is 0 Å². The molecule has 7 heteroatoms. The molecule has 20 heavy (non-hydrogen) atoms. The third kappa shape index (κ3) is 3.94. The van der Waals surface area contributed by atoms with Gasteiger partial charge in [-0.1, -0.05) is 0 Å². The summed E-state index contributed by atoms with van der Waals surface area (Å²) in [5.74, 6) is 0.334. The average Bonchev–Trinajstić information content (AvgIpc) is 2.39. The van der Waals surface area contributed by atoms with E-state index < -0.39 is 10.0 Å². The van der Waals surface area contributed by atoms with Crippen LogP contribution in [0, 0.1) is 0 Å². The Morgan fingerprint density at radius 3 is 2.15 bits per heavy atom. The van der Waals surface area contributed by atoms with Crippen LogP contribution in [0.15, 0.2) is 29.2 Å². The summed E-state index contributed by atoms with van der Waals surface area (Å²) in [4.78, 5) is 13.1. The van der Waals surface area contributed by atoms with Gasteiger partial charge in [-0.25, -0.2) is 8.42 Å². The number of hydrogen-bond donors (Lipinski definition) is 0. The molecule has 0 N–H and O–H groups in total. The largest absolute Gasteiger partial charge is 0.494 e. The van der Waals surface area contributed by atoms with Crippen LogP contribution in [0.3, 0.4) is 0 Å². The summed E-state index contributed by atoms with van der Waals surface area (Å²) in [5.41, 5.74) is 0. The fraction of sp³-hybridized carbons (Fsp3) is 0.462. The average molecular weight is 300 g/mol. The van der Waals surface area contributed by atoms with Crippen molar-refractivity contribution in [2.75, 3.05) is 34.3 Å². The van der Waals surface area contributed by atoms with Crippen molar-refractivity contribution in [2.24, 2.45) is 0 Å². The third-order valence-corrected chi connectivity index (χ3v) is 4.52. The van der Waals surface area contributed by atoms with Crippen molar-refractivity contribution in [1.82, 2.24) is 9.21 Å². The van der Waals surface area contributed by atoms with Crippen LogP contribution < -0.4 is 4.74 Å². The van der Waals surface area contributed by atoms with Crippen molar-refractivity contribution >= 4 is 15.9 Å². The second-order valence-corrected chi connectivity index (χ2v) is 6.50. The highest BCUT2D eigenvalue weighted by atomic mass is 32.2. The second kappa shape index (κ2) is 6.71. The zero-order valence-electron chi connectivity index (χ0n) is 12.2. The summed E-state index contributed by atoms with van der Waals surface area (Å²) in [6.07, 6.45) is 0. The smallest absolute Gasteiger partial charge is 0.243 e. The van der Waals surface area contributed by atoms with Gasteiger partial charge in [0.25, 0.3) is 0 Å². The molecule has 0 spiro atoms. The van der Waals surface area contributed by atoms with E-state index >= 15 is 0 Å². The first-order valence-electron chi connectivity index (χ1n) is 6.18. The fourth-order valence-corrected chi connectivity index (χ4v) is 2.59. The summed E-state index contributed by atoms with van der Waals surface area (Å²) in [5, 5.41) is 0. The van der Waals surface area contributed by atoms with Gasteiger partial charge < -0.3 is 9.64 Å². The Morgan fingerprint density at radius 2 is 1.70 bits per heavy atom. The lowest BCUT2D eigenvalue weighted by Gasteiger charge is -2.19. The van der Waals surface area contributed by atoms with E-state index in [2.05, 4.69) is 0 Å². The van der Waals surface area contributed by atoms with Crippen LogP contribution in [0.2, 0.25) is 0 Å². The summed E-state index contributed by atoms with van der Waals surface area (Å²) in [6, 6.07) is 6.13. The minimum absolute atomic E-state index is 0.134. The Morgan fingerprint density at radius 1 is 1.15 bits per heavy atom. The molecule has 0 radical (unpaired) electrons. The summed E-state index contributed by atoms with van der Waals surface area (Å²) in [7, 11) is 0.879. The zero-order valence-corrected chi connectivity index (χ0v) is 13.0. The first-order chi connectivity index (χ1) is 9.28. The van der Waals surface area contributed by atoms with Crippen LogP contribution in [0.25, 0.3) is 0 Å². The van der Waals surface area contributed by atoms with E-state index in [0.29, 0.717) is 12.4 Å². The van der Waals surface area contributed by atoms with Crippen molar-refractivity contribution in [3.05, 3.63) is 24.3 Å². The van der Waals surface area contributed by atoms with Crippen molar-refractivity contribution in [3.63, 3.8) is 0 Å². The van der Waals surface area contributed by atoms with Crippen LogP contribution in [-0.2, 0) is 14.8 Å². The number of carbonyl (C=O) groups is 1. The van der Waals surface area contributed by atoms with Gasteiger partial charge in [0.15, 0.2) is 0 Å². The maximum atomic E-state index is 12.3. The Hall–Kier alpha value is -1.60. The lowest BCUT2D eigenvalue weighted by Crippen LogP contribution is -2.37. The highest BCUT2D eigenvalue weighted by Crippen LogP contribution is 2.18. The molecule has 0 saturated heterocycles. The first-order valence-corrected chi connectivity index (χ1v) is 7.62. The Balaban J connectivity index is 2.89. The normalized spacial score (nSPS) is 11.4.